The molecule has 1 saturated carbocycles. The zero-order valence-electron chi connectivity index (χ0n) is 10.8. The summed E-state index contributed by atoms with van der Waals surface area (Å²) in [5, 5.41) is 9.91. The molecular formula is C17H19BrO2. The largest absolute Gasteiger partial charge is 0.508 e. The van der Waals surface area contributed by atoms with Crippen molar-refractivity contribution in [2.75, 3.05) is 0 Å². The summed E-state index contributed by atoms with van der Waals surface area (Å²) in [5.41, 5.74) is 4.76. The van der Waals surface area contributed by atoms with E-state index in [-0.39, 0.29) is 24.5 Å². The lowest BCUT2D eigenvalue weighted by Crippen LogP contribution is -2.25. The Bertz CT molecular complexity index is 659. The Morgan fingerprint density at radius 1 is 1.40 bits per heavy atom. The molecular weight excluding hydrogens is 316 g/mol. The number of carbonyl (C=O) groups is 1. The van der Waals surface area contributed by atoms with E-state index in [0.29, 0.717) is 5.75 Å². The first-order chi connectivity index (χ1) is 9.03. The van der Waals surface area contributed by atoms with Gasteiger partial charge in [-0.1, -0.05) is 13.5 Å². The highest BCUT2D eigenvalue weighted by atomic mass is 79.9. The Morgan fingerprint density at radius 2 is 2.15 bits per heavy atom. The monoisotopic (exact) mass is 334 g/mol. The van der Waals surface area contributed by atoms with E-state index in [2.05, 4.69) is 15.9 Å². The maximum atomic E-state index is 12.3. The molecule has 0 saturated heterocycles. The zero-order chi connectivity index (χ0) is 13.4. The van der Waals surface area contributed by atoms with Crippen LogP contribution in [0, 0.1) is 18.3 Å². The second-order valence-corrected chi connectivity index (χ2v) is 6.98. The van der Waals surface area contributed by atoms with Crippen molar-refractivity contribution in [3.63, 3.8) is 0 Å². The predicted octanol–water partition coefficient (Wildman–Crippen LogP) is 4.37. The van der Waals surface area contributed by atoms with E-state index >= 15 is 0 Å². The van der Waals surface area contributed by atoms with Crippen LogP contribution in [0.1, 0.15) is 43.4 Å². The number of ketones is 1. The third-order valence-electron chi connectivity index (χ3n) is 5.30. The number of rotatable bonds is 0. The van der Waals surface area contributed by atoms with Gasteiger partial charge in [0.05, 0.1) is 4.48 Å². The molecule has 4 rings (SSSR count). The van der Waals surface area contributed by atoms with Gasteiger partial charge in [-0.2, -0.15) is 0 Å². The lowest BCUT2D eigenvalue weighted by Gasteiger charge is -2.30. The molecule has 0 heterocycles. The minimum Gasteiger partial charge on any atom is -0.508 e. The average Bonchev–Trinajstić information content (AvgIpc) is 2.93. The molecule has 3 aliphatic rings. The SMILES string of the molecule is C.Cc1c(O)ccc2c1C[C@]13CC[C@H](C1)C(=O)C(Br)=C23. The first-order valence-corrected chi connectivity index (χ1v) is 7.59. The van der Waals surface area contributed by atoms with E-state index in [1.165, 1.54) is 16.7 Å². The smallest absolute Gasteiger partial charge is 0.173 e. The number of carbonyl (C=O) groups excluding carboxylic acids is 1. The Labute approximate surface area is 128 Å². The van der Waals surface area contributed by atoms with Crippen molar-refractivity contribution in [3.05, 3.63) is 33.3 Å². The highest BCUT2D eigenvalue weighted by molar-refractivity contribution is 9.12. The number of allylic oxidation sites excluding steroid dienone is 2. The van der Waals surface area contributed by atoms with E-state index < -0.39 is 0 Å². The number of halogens is 1. The minimum absolute atomic E-state index is 0. The second-order valence-electron chi connectivity index (χ2n) is 6.19. The summed E-state index contributed by atoms with van der Waals surface area (Å²) in [6, 6.07) is 3.74. The van der Waals surface area contributed by atoms with Crippen molar-refractivity contribution >= 4 is 27.3 Å². The van der Waals surface area contributed by atoms with Crippen LogP contribution in [0.2, 0.25) is 0 Å². The van der Waals surface area contributed by atoms with Crippen LogP contribution < -0.4 is 0 Å². The van der Waals surface area contributed by atoms with Crippen molar-refractivity contribution in [2.45, 2.75) is 40.0 Å². The third-order valence-corrected chi connectivity index (χ3v) is 6.09. The molecule has 2 nitrogen and oxygen atoms in total. The lowest BCUT2D eigenvalue weighted by molar-refractivity contribution is -0.118. The predicted molar refractivity (Wildman–Crippen MR) is 83.9 cm³/mol. The number of aromatic hydroxyl groups is 1. The van der Waals surface area contributed by atoms with Gasteiger partial charge in [-0.25, -0.2) is 0 Å². The number of phenols is 1. The summed E-state index contributed by atoms with van der Waals surface area (Å²) in [6.07, 6.45) is 4.08. The fourth-order valence-electron chi connectivity index (χ4n) is 4.31. The number of benzene rings is 1. The molecule has 0 amide bonds. The van der Waals surface area contributed by atoms with Gasteiger partial charge in [-0.05, 0) is 76.9 Å². The fraction of sp³-hybridized carbons (Fsp3) is 0.471. The first kappa shape index (κ1) is 13.9. The van der Waals surface area contributed by atoms with Gasteiger partial charge in [0.25, 0.3) is 0 Å². The van der Waals surface area contributed by atoms with Gasteiger partial charge in [0, 0.05) is 11.3 Å². The van der Waals surface area contributed by atoms with E-state index in [1.807, 2.05) is 13.0 Å². The fourth-order valence-corrected chi connectivity index (χ4v) is 5.27. The van der Waals surface area contributed by atoms with Gasteiger partial charge in [-0.15, -0.1) is 0 Å². The van der Waals surface area contributed by atoms with Crippen LogP contribution in [0.3, 0.4) is 0 Å². The maximum absolute atomic E-state index is 12.3. The summed E-state index contributed by atoms with van der Waals surface area (Å²) in [5.74, 6) is 0.856. The number of phenolic OH excluding ortho intramolecular Hbond substituents is 1. The molecule has 2 atom stereocenters. The molecule has 2 bridgehead atoms. The number of hydrogen-bond donors (Lipinski definition) is 1. The maximum Gasteiger partial charge on any atom is 0.173 e. The Hall–Kier alpha value is -1.09. The number of Topliss-reactive ketones (excluding diaryl/α,β-unsaturated/α-hetero) is 1. The van der Waals surface area contributed by atoms with Crippen molar-refractivity contribution in [1.82, 2.24) is 0 Å². The van der Waals surface area contributed by atoms with Crippen LogP contribution in [0.15, 0.2) is 16.6 Å². The molecule has 106 valence electrons. The molecule has 0 aromatic heterocycles. The highest BCUT2D eigenvalue weighted by Gasteiger charge is 2.54. The molecule has 1 spiro atoms. The van der Waals surface area contributed by atoms with Crippen LogP contribution in [-0.4, -0.2) is 10.9 Å². The topological polar surface area (TPSA) is 37.3 Å². The Balaban J connectivity index is 0.00000121. The van der Waals surface area contributed by atoms with Gasteiger partial charge >= 0.3 is 0 Å². The van der Waals surface area contributed by atoms with Crippen LogP contribution in [0.4, 0.5) is 0 Å². The van der Waals surface area contributed by atoms with Gasteiger partial charge in [0.2, 0.25) is 0 Å². The third kappa shape index (κ3) is 1.47. The minimum atomic E-state index is 0. The second kappa shape index (κ2) is 4.20. The normalized spacial score (nSPS) is 30.1. The van der Waals surface area contributed by atoms with E-state index in [1.54, 1.807) is 6.07 Å². The molecule has 3 aliphatic carbocycles. The van der Waals surface area contributed by atoms with Crippen molar-refractivity contribution in [3.8, 4) is 5.75 Å². The van der Waals surface area contributed by atoms with Gasteiger partial charge in [0.1, 0.15) is 5.75 Å². The van der Waals surface area contributed by atoms with Crippen molar-refractivity contribution in [1.29, 1.82) is 0 Å². The van der Waals surface area contributed by atoms with E-state index in [4.69, 9.17) is 0 Å². The summed E-state index contributed by atoms with van der Waals surface area (Å²) < 4.78 is 0.796. The molecule has 0 aliphatic heterocycles. The first-order valence-electron chi connectivity index (χ1n) is 6.80. The van der Waals surface area contributed by atoms with Gasteiger partial charge in [0.15, 0.2) is 5.78 Å². The molecule has 0 radical (unpaired) electrons. The summed E-state index contributed by atoms with van der Waals surface area (Å²) in [6.45, 7) is 1.98. The summed E-state index contributed by atoms with van der Waals surface area (Å²) in [7, 11) is 0. The van der Waals surface area contributed by atoms with E-state index in [0.717, 1.165) is 35.7 Å². The Kier molecular flexibility index (Phi) is 2.91. The summed E-state index contributed by atoms with van der Waals surface area (Å²) in [4.78, 5) is 12.3. The quantitative estimate of drug-likeness (QED) is 0.764. The van der Waals surface area contributed by atoms with Crippen molar-refractivity contribution < 1.29 is 9.90 Å². The highest BCUT2D eigenvalue weighted by Crippen LogP contribution is 2.63. The van der Waals surface area contributed by atoms with Gasteiger partial charge < -0.3 is 5.11 Å². The van der Waals surface area contributed by atoms with Crippen LogP contribution in [0.5, 0.6) is 5.75 Å². The van der Waals surface area contributed by atoms with Crippen LogP contribution >= 0.6 is 15.9 Å². The van der Waals surface area contributed by atoms with Crippen molar-refractivity contribution in [2.24, 2.45) is 11.3 Å². The molecule has 3 heteroatoms. The standard InChI is InChI=1S/C16H15BrO2.CH4/c1-8-11-7-16-5-4-9(6-16)15(19)14(17)13(16)10(11)2-3-12(8)18;/h2-3,9,18H,4-7H2,1H3;1H4/t9-,16+;/m1./s1. The summed E-state index contributed by atoms with van der Waals surface area (Å²) >= 11 is 3.56. The van der Waals surface area contributed by atoms with Crippen LogP contribution in [-0.2, 0) is 11.2 Å². The Morgan fingerprint density at radius 3 is 2.90 bits per heavy atom. The van der Waals surface area contributed by atoms with E-state index in [9.17, 15) is 9.90 Å². The molecule has 1 aromatic carbocycles. The zero-order valence-corrected chi connectivity index (χ0v) is 12.4. The molecule has 1 fully saturated rings. The number of fused-ring (bicyclic) bond motifs is 3. The molecule has 1 aromatic rings. The molecule has 0 unspecified atom stereocenters. The van der Waals surface area contributed by atoms with Gasteiger partial charge in [-0.3, -0.25) is 4.79 Å². The number of hydrogen-bond acceptors (Lipinski definition) is 2. The lowest BCUT2D eigenvalue weighted by atomic mass is 9.74. The molecule has 20 heavy (non-hydrogen) atoms. The average molecular weight is 335 g/mol. The molecule has 1 N–H and O–H groups in total. The van der Waals surface area contributed by atoms with Crippen LogP contribution in [0.25, 0.3) is 5.57 Å².